The van der Waals surface area contributed by atoms with E-state index in [2.05, 4.69) is 23.2 Å². The molecule has 148 valence electrons. The Kier molecular flexibility index (Phi) is 6.20. The number of amides is 1. The van der Waals surface area contributed by atoms with Gasteiger partial charge in [0, 0.05) is 54.2 Å². The van der Waals surface area contributed by atoms with Crippen LogP contribution in [0.25, 0.3) is 0 Å². The number of carbonyl (C=O) groups excluding carboxylic acids is 1. The highest BCUT2D eigenvalue weighted by molar-refractivity contribution is 6.30. The van der Waals surface area contributed by atoms with Gasteiger partial charge in [0.2, 0.25) is 5.91 Å². The molecule has 4 rings (SSSR count). The maximum Gasteiger partial charge on any atom is 0.227 e. The van der Waals surface area contributed by atoms with Gasteiger partial charge in [-0.15, -0.1) is 0 Å². The minimum absolute atomic E-state index is 0.167. The Morgan fingerprint density at radius 1 is 1.07 bits per heavy atom. The Labute approximate surface area is 176 Å². The molecule has 0 radical (unpaired) electrons. The summed E-state index contributed by atoms with van der Waals surface area (Å²) in [5.74, 6) is 0.451. The summed E-state index contributed by atoms with van der Waals surface area (Å²) in [6.45, 7) is 1.55. The van der Waals surface area contributed by atoms with Crippen LogP contribution >= 0.6 is 11.6 Å². The highest BCUT2D eigenvalue weighted by atomic mass is 35.5. The second-order valence-corrected chi connectivity index (χ2v) is 8.01. The number of likely N-dealkylation sites (tertiary alicyclic amines) is 1. The number of hydrogen-bond donors (Lipinski definition) is 0. The molecule has 1 aromatic carbocycles. The number of aromatic nitrogens is 2. The summed E-state index contributed by atoms with van der Waals surface area (Å²) in [5.41, 5.74) is 4.28. The topological polar surface area (TPSA) is 46.1 Å². The van der Waals surface area contributed by atoms with Crippen molar-refractivity contribution in [2.75, 3.05) is 13.1 Å². The van der Waals surface area contributed by atoms with E-state index in [1.54, 1.807) is 12.4 Å². The van der Waals surface area contributed by atoms with E-state index >= 15 is 0 Å². The van der Waals surface area contributed by atoms with Crippen LogP contribution in [0.15, 0.2) is 67.0 Å². The van der Waals surface area contributed by atoms with Crippen molar-refractivity contribution in [1.82, 2.24) is 14.9 Å². The molecule has 1 atom stereocenters. The average molecular weight is 406 g/mol. The fraction of sp³-hybridized carbons (Fsp3) is 0.292. The van der Waals surface area contributed by atoms with Crippen molar-refractivity contribution < 1.29 is 4.79 Å². The minimum Gasteiger partial charge on any atom is -0.342 e. The van der Waals surface area contributed by atoms with E-state index in [1.165, 1.54) is 5.56 Å². The number of nitrogens with zero attached hydrogens (tertiary/aromatic N) is 3. The number of piperidine rings is 1. The van der Waals surface area contributed by atoms with Crippen LogP contribution in [-0.4, -0.2) is 33.9 Å². The Morgan fingerprint density at radius 2 is 1.93 bits per heavy atom. The van der Waals surface area contributed by atoms with Gasteiger partial charge in [-0.3, -0.25) is 14.8 Å². The molecule has 1 fully saturated rings. The zero-order valence-electron chi connectivity index (χ0n) is 16.3. The van der Waals surface area contributed by atoms with Gasteiger partial charge in [-0.25, -0.2) is 0 Å². The van der Waals surface area contributed by atoms with Crippen LogP contribution in [0.4, 0.5) is 0 Å². The van der Waals surface area contributed by atoms with Crippen LogP contribution in [0.2, 0.25) is 5.02 Å². The highest BCUT2D eigenvalue weighted by Crippen LogP contribution is 2.26. The van der Waals surface area contributed by atoms with Crippen LogP contribution in [0.1, 0.15) is 41.3 Å². The molecular weight excluding hydrogens is 382 g/mol. The van der Waals surface area contributed by atoms with Crippen LogP contribution < -0.4 is 0 Å². The van der Waals surface area contributed by atoms with Gasteiger partial charge in [-0.2, -0.15) is 0 Å². The van der Waals surface area contributed by atoms with Crippen molar-refractivity contribution in [1.29, 1.82) is 0 Å². The van der Waals surface area contributed by atoms with E-state index in [0.29, 0.717) is 6.42 Å². The second-order valence-electron chi connectivity index (χ2n) is 7.57. The predicted molar refractivity (Wildman–Crippen MR) is 115 cm³/mol. The molecule has 0 aliphatic carbocycles. The summed E-state index contributed by atoms with van der Waals surface area (Å²) >= 11 is 5.98. The summed E-state index contributed by atoms with van der Waals surface area (Å²) in [5, 5.41) is 0.744. The fourth-order valence-electron chi connectivity index (χ4n) is 3.87. The van der Waals surface area contributed by atoms with Crippen LogP contribution in [0, 0.1) is 0 Å². The Bertz CT molecular complexity index is 959. The summed E-state index contributed by atoms with van der Waals surface area (Å²) < 4.78 is 0. The van der Waals surface area contributed by atoms with E-state index < -0.39 is 0 Å². The normalized spacial score (nSPS) is 16.6. The van der Waals surface area contributed by atoms with Gasteiger partial charge in [0.05, 0.1) is 6.42 Å². The molecule has 1 unspecified atom stereocenters. The molecule has 1 aliphatic heterocycles. The first-order valence-corrected chi connectivity index (χ1v) is 10.4. The van der Waals surface area contributed by atoms with Crippen molar-refractivity contribution in [3.8, 4) is 0 Å². The Balaban J connectivity index is 1.42. The van der Waals surface area contributed by atoms with Gasteiger partial charge in [-0.1, -0.05) is 35.9 Å². The fourth-order valence-corrected chi connectivity index (χ4v) is 4.00. The molecule has 1 amide bonds. The van der Waals surface area contributed by atoms with Crippen LogP contribution in [-0.2, 0) is 17.6 Å². The molecule has 2 aromatic heterocycles. The standard InChI is InChI=1S/C24H24ClN3O/c25-21-10-8-18(9-11-21)14-22-6-1-7-23(27-22)20-5-3-13-28(17-20)24(29)15-19-4-2-12-26-16-19/h1-2,4,6-12,16,20H,3,5,13-15,17H2. The summed E-state index contributed by atoms with van der Waals surface area (Å²) in [7, 11) is 0. The van der Waals surface area contributed by atoms with Crippen molar-refractivity contribution in [2.24, 2.45) is 0 Å². The zero-order chi connectivity index (χ0) is 20.1. The molecule has 4 nitrogen and oxygen atoms in total. The van der Waals surface area contributed by atoms with Crippen LogP contribution in [0.3, 0.4) is 0 Å². The van der Waals surface area contributed by atoms with Crippen molar-refractivity contribution in [2.45, 2.75) is 31.6 Å². The lowest BCUT2D eigenvalue weighted by molar-refractivity contribution is -0.131. The molecule has 5 heteroatoms. The lowest BCUT2D eigenvalue weighted by Gasteiger charge is -2.32. The molecule has 1 aliphatic rings. The molecule has 3 heterocycles. The molecule has 29 heavy (non-hydrogen) atoms. The molecule has 0 N–H and O–H groups in total. The first-order chi connectivity index (χ1) is 14.2. The number of benzene rings is 1. The van der Waals surface area contributed by atoms with Gasteiger partial charge in [0.1, 0.15) is 0 Å². The lowest BCUT2D eigenvalue weighted by atomic mass is 9.93. The Hall–Kier alpha value is -2.72. The maximum atomic E-state index is 12.7. The summed E-state index contributed by atoms with van der Waals surface area (Å²) in [6, 6.07) is 17.9. The average Bonchev–Trinajstić information content (AvgIpc) is 2.76. The maximum absolute atomic E-state index is 12.7. The van der Waals surface area contributed by atoms with E-state index in [-0.39, 0.29) is 11.8 Å². The second kappa shape index (κ2) is 9.19. The lowest BCUT2D eigenvalue weighted by Crippen LogP contribution is -2.40. The monoisotopic (exact) mass is 405 g/mol. The van der Waals surface area contributed by atoms with E-state index in [0.717, 1.165) is 54.3 Å². The van der Waals surface area contributed by atoms with Gasteiger partial charge in [0.25, 0.3) is 0 Å². The summed E-state index contributed by atoms with van der Waals surface area (Å²) in [6.07, 6.45) is 6.75. The van der Waals surface area contributed by atoms with E-state index in [4.69, 9.17) is 16.6 Å². The van der Waals surface area contributed by atoms with Gasteiger partial charge in [0.15, 0.2) is 0 Å². The minimum atomic E-state index is 0.167. The third-order valence-electron chi connectivity index (χ3n) is 5.40. The quantitative estimate of drug-likeness (QED) is 0.619. The number of rotatable bonds is 5. The largest absolute Gasteiger partial charge is 0.342 e. The van der Waals surface area contributed by atoms with Gasteiger partial charge >= 0.3 is 0 Å². The van der Waals surface area contributed by atoms with Crippen LogP contribution in [0.5, 0.6) is 0 Å². The van der Waals surface area contributed by atoms with E-state index in [9.17, 15) is 4.79 Å². The number of pyridine rings is 2. The first-order valence-electron chi connectivity index (χ1n) is 10.0. The molecule has 1 saturated heterocycles. The first kappa shape index (κ1) is 19.6. The third-order valence-corrected chi connectivity index (χ3v) is 5.65. The molecular formula is C24H24ClN3O. The number of hydrogen-bond acceptors (Lipinski definition) is 3. The number of carbonyl (C=O) groups is 1. The third kappa shape index (κ3) is 5.21. The number of halogens is 1. The van der Waals surface area contributed by atoms with Gasteiger partial charge < -0.3 is 4.90 Å². The zero-order valence-corrected chi connectivity index (χ0v) is 17.1. The Morgan fingerprint density at radius 3 is 2.72 bits per heavy atom. The summed E-state index contributed by atoms with van der Waals surface area (Å²) in [4.78, 5) is 23.7. The SMILES string of the molecule is O=C(Cc1cccnc1)N1CCCC(c2cccc(Cc3ccc(Cl)cc3)n2)C1. The van der Waals surface area contributed by atoms with Crippen molar-refractivity contribution in [3.05, 3.63) is 94.5 Å². The van der Waals surface area contributed by atoms with Crippen molar-refractivity contribution in [3.63, 3.8) is 0 Å². The highest BCUT2D eigenvalue weighted by Gasteiger charge is 2.25. The molecule has 0 saturated carbocycles. The van der Waals surface area contributed by atoms with E-state index in [1.807, 2.05) is 41.3 Å². The molecule has 3 aromatic rings. The smallest absolute Gasteiger partial charge is 0.227 e. The molecule has 0 spiro atoms. The predicted octanol–water partition coefficient (Wildman–Crippen LogP) is 4.67. The van der Waals surface area contributed by atoms with Crippen molar-refractivity contribution >= 4 is 17.5 Å². The molecule has 0 bridgehead atoms. The van der Waals surface area contributed by atoms with Gasteiger partial charge in [-0.05, 0) is 54.3 Å².